The maximum Gasteiger partial charge on any atom is 0.416 e. The van der Waals surface area contributed by atoms with Gasteiger partial charge in [0.1, 0.15) is 0 Å². The maximum absolute atomic E-state index is 13.4. The fraction of sp³-hybridized carbons (Fsp3) is 0.412. The summed E-state index contributed by atoms with van der Waals surface area (Å²) in [4.78, 5) is 26.3. The van der Waals surface area contributed by atoms with Crippen LogP contribution in [0.1, 0.15) is 24.1 Å². The molecule has 1 atom stereocenters. The van der Waals surface area contributed by atoms with Gasteiger partial charge >= 0.3 is 12.2 Å². The lowest BCUT2D eigenvalue weighted by molar-refractivity contribution is -0.138. The van der Waals surface area contributed by atoms with Crippen LogP contribution in [0.5, 0.6) is 0 Å². The van der Waals surface area contributed by atoms with E-state index in [0.717, 1.165) is 6.07 Å². The largest absolute Gasteiger partial charge is 0.416 e. The molecule has 6 nitrogen and oxygen atoms in total. The van der Waals surface area contributed by atoms with Gasteiger partial charge in [0.25, 0.3) is 5.91 Å². The Balaban J connectivity index is 2.41. The average Bonchev–Trinajstić information content (AvgIpc) is 2.52. The van der Waals surface area contributed by atoms with Crippen molar-refractivity contribution in [3.05, 3.63) is 46.7 Å². The van der Waals surface area contributed by atoms with Crippen LogP contribution in [0.4, 0.5) is 18.0 Å². The molecular weight excluding hydrogens is 349 g/mol. The van der Waals surface area contributed by atoms with E-state index in [9.17, 15) is 22.8 Å². The number of urea groups is 1. The van der Waals surface area contributed by atoms with Crippen molar-refractivity contribution in [2.75, 3.05) is 27.2 Å². The molecule has 1 aromatic rings. The Morgan fingerprint density at radius 2 is 1.92 bits per heavy atom. The second-order valence-corrected chi connectivity index (χ2v) is 6.21. The molecule has 1 heterocycles. The molecule has 3 amide bonds. The highest BCUT2D eigenvalue weighted by atomic mass is 19.4. The number of carbonyl (C=O) groups excluding carboxylic acids is 2. The zero-order valence-electron chi connectivity index (χ0n) is 14.7. The summed E-state index contributed by atoms with van der Waals surface area (Å²) in [5, 5.41) is 7.55. The van der Waals surface area contributed by atoms with Gasteiger partial charge in [-0.15, -0.1) is 0 Å². The van der Waals surface area contributed by atoms with E-state index < -0.39 is 29.7 Å². The summed E-state index contributed by atoms with van der Waals surface area (Å²) in [6, 6.07) is 3.05. The van der Waals surface area contributed by atoms with Crippen LogP contribution in [-0.2, 0) is 11.0 Å². The first kappa shape index (κ1) is 19.8. The Morgan fingerprint density at radius 1 is 1.27 bits per heavy atom. The summed E-state index contributed by atoms with van der Waals surface area (Å²) in [6.07, 6.45) is -4.60. The summed E-state index contributed by atoms with van der Waals surface area (Å²) >= 11 is 0. The Labute approximate surface area is 149 Å². The van der Waals surface area contributed by atoms with E-state index in [1.165, 1.54) is 25.1 Å². The first-order valence-electron chi connectivity index (χ1n) is 7.98. The molecule has 0 radical (unpaired) electrons. The quantitative estimate of drug-likeness (QED) is 0.742. The Hall–Kier alpha value is -2.55. The van der Waals surface area contributed by atoms with Crippen LogP contribution < -0.4 is 16.0 Å². The number of amides is 3. The highest BCUT2D eigenvalue weighted by molar-refractivity contribution is 5.98. The number of alkyl halides is 3. The SMILES string of the molecule is CC1=C(C(=O)NCCN(C)C)[C@@H](c2ccccc2C(F)(F)F)NC(=O)N1. The molecule has 0 fully saturated rings. The molecule has 0 bridgehead atoms. The van der Waals surface area contributed by atoms with Gasteiger partial charge in [0, 0.05) is 18.8 Å². The molecule has 0 spiro atoms. The van der Waals surface area contributed by atoms with Gasteiger partial charge in [-0.25, -0.2) is 4.79 Å². The van der Waals surface area contributed by atoms with Crippen molar-refractivity contribution in [1.29, 1.82) is 0 Å². The number of allylic oxidation sites excluding steroid dienone is 1. The normalized spacial score (nSPS) is 17.8. The van der Waals surface area contributed by atoms with Gasteiger partial charge in [-0.3, -0.25) is 4.79 Å². The van der Waals surface area contributed by atoms with Crippen molar-refractivity contribution in [2.45, 2.75) is 19.1 Å². The first-order valence-corrected chi connectivity index (χ1v) is 7.98. The van der Waals surface area contributed by atoms with Gasteiger partial charge in [-0.2, -0.15) is 13.2 Å². The van der Waals surface area contributed by atoms with E-state index in [2.05, 4.69) is 16.0 Å². The molecule has 0 unspecified atom stereocenters. The fourth-order valence-corrected chi connectivity index (χ4v) is 2.72. The van der Waals surface area contributed by atoms with E-state index in [4.69, 9.17) is 0 Å². The predicted molar refractivity (Wildman–Crippen MR) is 90.1 cm³/mol. The number of rotatable bonds is 5. The van der Waals surface area contributed by atoms with Crippen LogP contribution >= 0.6 is 0 Å². The van der Waals surface area contributed by atoms with Gasteiger partial charge in [-0.1, -0.05) is 18.2 Å². The van der Waals surface area contributed by atoms with Gasteiger partial charge in [0.2, 0.25) is 0 Å². The molecular formula is C17H21F3N4O2. The van der Waals surface area contributed by atoms with Crippen LogP contribution in [0.15, 0.2) is 35.5 Å². The summed E-state index contributed by atoms with van der Waals surface area (Å²) in [5.41, 5.74) is -0.788. The summed E-state index contributed by atoms with van der Waals surface area (Å²) in [5.74, 6) is -0.529. The number of halogens is 3. The topological polar surface area (TPSA) is 73.5 Å². The molecule has 2 rings (SSSR count). The number of carbonyl (C=O) groups is 2. The Bertz CT molecular complexity index is 729. The monoisotopic (exact) mass is 370 g/mol. The number of likely N-dealkylation sites (N-methyl/N-ethyl adjacent to an activating group) is 1. The third-order valence-corrected chi connectivity index (χ3v) is 3.94. The minimum absolute atomic E-state index is 0.0556. The summed E-state index contributed by atoms with van der Waals surface area (Å²) in [7, 11) is 3.67. The van der Waals surface area contributed by atoms with E-state index in [1.807, 2.05) is 19.0 Å². The summed E-state index contributed by atoms with van der Waals surface area (Å²) < 4.78 is 40.1. The van der Waals surface area contributed by atoms with Crippen LogP contribution in [-0.4, -0.2) is 44.0 Å². The lowest BCUT2D eigenvalue weighted by atomic mass is 9.91. The molecule has 0 aliphatic carbocycles. The minimum Gasteiger partial charge on any atom is -0.351 e. The van der Waals surface area contributed by atoms with Crippen molar-refractivity contribution >= 4 is 11.9 Å². The molecule has 1 aliphatic heterocycles. The van der Waals surface area contributed by atoms with Gasteiger partial charge < -0.3 is 20.9 Å². The van der Waals surface area contributed by atoms with Crippen LogP contribution in [0, 0.1) is 0 Å². The fourth-order valence-electron chi connectivity index (χ4n) is 2.72. The Morgan fingerprint density at radius 3 is 2.54 bits per heavy atom. The number of benzene rings is 1. The smallest absolute Gasteiger partial charge is 0.351 e. The summed E-state index contributed by atoms with van der Waals surface area (Å²) in [6.45, 7) is 2.38. The number of nitrogens with one attached hydrogen (secondary N) is 3. The van der Waals surface area contributed by atoms with Crippen LogP contribution in [0.25, 0.3) is 0 Å². The molecule has 0 saturated carbocycles. The van der Waals surface area contributed by atoms with E-state index in [-0.39, 0.29) is 16.8 Å². The highest BCUT2D eigenvalue weighted by Gasteiger charge is 2.39. The number of nitrogens with zero attached hydrogens (tertiary/aromatic N) is 1. The Kier molecular flexibility index (Phi) is 5.91. The number of hydrogen-bond donors (Lipinski definition) is 3. The third-order valence-electron chi connectivity index (χ3n) is 3.94. The molecule has 0 saturated heterocycles. The molecule has 0 aromatic heterocycles. The molecule has 9 heteroatoms. The second-order valence-electron chi connectivity index (χ2n) is 6.21. The van der Waals surface area contributed by atoms with Gasteiger partial charge in [-0.05, 0) is 32.6 Å². The van der Waals surface area contributed by atoms with Crippen LogP contribution in [0.3, 0.4) is 0 Å². The maximum atomic E-state index is 13.4. The van der Waals surface area contributed by atoms with E-state index >= 15 is 0 Å². The lowest BCUT2D eigenvalue weighted by Gasteiger charge is -2.30. The van der Waals surface area contributed by atoms with Gasteiger partial charge in [0.15, 0.2) is 0 Å². The van der Waals surface area contributed by atoms with Crippen LogP contribution in [0.2, 0.25) is 0 Å². The highest BCUT2D eigenvalue weighted by Crippen LogP contribution is 2.37. The zero-order valence-corrected chi connectivity index (χ0v) is 14.7. The molecule has 3 N–H and O–H groups in total. The van der Waals surface area contributed by atoms with Crippen molar-refractivity contribution in [2.24, 2.45) is 0 Å². The van der Waals surface area contributed by atoms with Crippen molar-refractivity contribution in [3.63, 3.8) is 0 Å². The lowest BCUT2D eigenvalue weighted by Crippen LogP contribution is -2.47. The number of hydrogen-bond acceptors (Lipinski definition) is 3. The van der Waals surface area contributed by atoms with E-state index in [1.54, 1.807) is 0 Å². The van der Waals surface area contributed by atoms with Crippen molar-refractivity contribution in [3.8, 4) is 0 Å². The average molecular weight is 370 g/mol. The van der Waals surface area contributed by atoms with Crippen molar-refractivity contribution in [1.82, 2.24) is 20.9 Å². The minimum atomic E-state index is -4.60. The molecule has 142 valence electrons. The standard InChI is InChI=1S/C17H21F3N4O2/c1-10-13(15(25)21-8-9-24(2)3)14(23-16(26)22-10)11-6-4-5-7-12(11)17(18,19)20/h4-7,14H,8-9H2,1-3H3,(H,21,25)(H2,22,23,26)/t14-/m1/s1. The first-order chi connectivity index (χ1) is 12.1. The third kappa shape index (κ3) is 4.54. The van der Waals surface area contributed by atoms with E-state index in [0.29, 0.717) is 13.1 Å². The van der Waals surface area contributed by atoms with Gasteiger partial charge in [0.05, 0.1) is 17.2 Å². The van der Waals surface area contributed by atoms with Crippen molar-refractivity contribution < 1.29 is 22.8 Å². The predicted octanol–water partition coefficient (Wildman–Crippen LogP) is 2.01. The second kappa shape index (κ2) is 7.77. The molecule has 1 aromatic carbocycles. The molecule has 26 heavy (non-hydrogen) atoms. The zero-order chi connectivity index (χ0) is 19.5. The molecule has 1 aliphatic rings.